The highest BCUT2D eigenvalue weighted by atomic mass is 16.1. The van der Waals surface area contributed by atoms with Crippen molar-refractivity contribution in [3.63, 3.8) is 0 Å². The Kier molecular flexibility index (Phi) is 3.03. The number of nitrogens with zero attached hydrogens (tertiary/aromatic N) is 3. The molecule has 0 saturated heterocycles. The molecule has 0 aliphatic carbocycles. The van der Waals surface area contributed by atoms with Gasteiger partial charge in [0.05, 0.1) is 11.9 Å². The summed E-state index contributed by atoms with van der Waals surface area (Å²) >= 11 is 0. The van der Waals surface area contributed by atoms with Crippen molar-refractivity contribution in [3.05, 3.63) is 52.8 Å². The van der Waals surface area contributed by atoms with E-state index in [1.165, 1.54) is 6.20 Å². The number of hydrazone groups is 1. The SMILES string of the molecule is O=c1nccc(N/N=C\c2ccccn2)[nH]1. The Labute approximate surface area is 91.1 Å². The Bertz CT molecular complexity index is 534. The zero-order valence-electron chi connectivity index (χ0n) is 8.29. The molecular weight excluding hydrogens is 206 g/mol. The van der Waals surface area contributed by atoms with Gasteiger partial charge >= 0.3 is 5.69 Å². The third kappa shape index (κ3) is 2.74. The molecule has 0 fully saturated rings. The normalized spacial score (nSPS) is 10.5. The molecule has 6 heteroatoms. The quantitative estimate of drug-likeness (QED) is 0.580. The first-order chi connectivity index (χ1) is 7.84. The molecule has 2 aromatic rings. The third-order valence-corrected chi connectivity index (χ3v) is 1.74. The molecule has 16 heavy (non-hydrogen) atoms. The maximum Gasteiger partial charge on any atom is 0.346 e. The van der Waals surface area contributed by atoms with Crippen LogP contribution in [-0.4, -0.2) is 21.2 Å². The molecule has 2 rings (SSSR count). The van der Waals surface area contributed by atoms with E-state index < -0.39 is 5.69 Å². The minimum Gasteiger partial charge on any atom is -0.291 e. The van der Waals surface area contributed by atoms with Crippen LogP contribution in [0.25, 0.3) is 0 Å². The highest BCUT2D eigenvalue weighted by molar-refractivity contribution is 5.77. The standard InChI is InChI=1S/C10H9N5O/c16-10-12-6-4-9(14-10)15-13-7-8-3-1-2-5-11-8/h1-7H,(H2,12,14,15,16)/b13-7-. The summed E-state index contributed by atoms with van der Waals surface area (Å²) in [6, 6.07) is 7.12. The van der Waals surface area contributed by atoms with Crippen LogP contribution in [0.5, 0.6) is 0 Å². The van der Waals surface area contributed by atoms with Gasteiger partial charge in [0.2, 0.25) is 0 Å². The lowest BCUT2D eigenvalue weighted by atomic mass is 10.4. The molecule has 0 saturated carbocycles. The molecule has 2 aromatic heterocycles. The average Bonchev–Trinajstić information content (AvgIpc) is 2.30. The molecule has 0 aliphatic rings. The van der Waals surface area contributed by atoms with Crippen LogP contribution in [-0.2, 0) is 0 Å². The van der Waals surface area contributed by atoms with Crippen LogP contribution in [0.3, 0.4) is 0 Å². The summed E-state index contributed by atoms with van der Waals surface area (Å²) in [5.41, 5.74) is 2.98. The molecule has 0 atom stereocenters. The lowest BCUT2D eigenvalue weighted by molar-refractivity contribution is 1.06. The van der Waals surface area contributed by atoms with E-state index in [9.17, 15) is 4.79 Å². The van der Waals surface area contributed by atoms with E-state index in [1.54, 1.807) is 18.5 Å². The molecule has 0 aliphatic heterocycles. The van der Waals surface area contributed by atoms with E-state index in [0.717, 1.165) is 5.69 Å². The zero-order chi connectivity index (χ0) is 11.2. The minimum atomic E-state index is -0.418. The predicted octanol–water partition coefficient (Wildman–Crippen LogP) is 0.611. The van der Waals surface area contributed by atoms with Gasteiger partial charge < -0.3 is 0 Å². The van der Waals surface area contributed by atoms with Crippen molar-refractivity contribution < 1.29 is 0 Å². The Morgan fingerprint density at radius 1 is 1.25 bits per heavy atom. The molecule has 0 spiro atoms. The van der Waals surface area contributed by atoms with E-state index in [2.05, 4.69) is 25.5 Å². The van der Waals surface area contributed by atoms with Gasteiger partial charge in [0, 0.05) is 12.4 Å². The van der Waals surface area contributed by atoms with E-state index in [0.29, 0.717) is 5.82 Å². The van der Waals surface area contributed by atoms with Crippen molar-refractivity contribution in [2.24, 2.45) is 5.10 Å². The van der Waals surface area contributed by atoms with Gasteiger partial charge in [-0.15, -0.1) is 0 Å². The fourth-order valence-electron chi connectivity index (χ4n) is 1.05. The topological polar surface area (TPSA) is 83.0 Å². The Hall–Kier alpha value is -2.50. The first kappa shape index (κ1) is 10.0. The van der Waals surface area contributed by atoms with E-state index in [4.69, 9.17) is 0 Å². The molecule has 6 nitrogen and oxygen atoms in total. The van der Waals surface area contributed by atoms with Gasteiger partial charge in [-0.1, -0.05) is 6.07 Å². The summed E-state index contributed by atoms with van der Waals surface area (Å²) in [4.78, 5) is 20.9. The fraction of sp³-hybridized carbons (Fsp3) is 0. The number of hydrogen-bond acceptors (Lipinski definition) is 5. The average molecular weight is 215 g/mol. The number of hydrogen-bond donors (Lipinski definition) is 2. The van der Waals surface area contributed by atoms with Gasteiger partial charge in [-0.05, 0) is 18.2 Å². The monoisotopic (exact) mass is 215 g/mol. The van der Waals surface area contributed by atoms with Gasteiger partial charge in [-0.2, -0.15) is 5.10 Å². The summed E-state index contributed by atoms with van der Waals surface area (Å²) in [5.74, 6) is 0.479. The van der Waals surface area contributed by atoms with Crippen molar-refractivity contribution in [1.29, 1.82) is 0 Å². The highest BCUT2D eigenvalue weighted by Crippen LogP contribution is 1.95. The molecule has 2 N–H and O–H groups in total. The van der Waals surface area contributed by atoms with Crippen LogP contribution in [0.15, 0.2) is 46.6 Å². The molecule has 0 aromatic carbocycles. The van der Waals surface area contributed by atoms with E-state index in [1.807, 2.05) is 18.2 Å². The lowest BCUT2D eigenvalue weighted by Crippen LogP contribution is -2.10. The molecule has 0 radical (unpaired) electrons. The number of H-pyrrole nitrogens is 1. The van der Waals surface area contributed by atoms with E-state index >= 15 is 0 Å². The lowest BCUT2D eigenvalue weighted by Gasteiger charge is -1.97. The van der Waals surface area contributed by atoms with Crippen molar-refractivity contribution in [2.45, 2.75) is 0 Å². The van der Waals surface area contributed by atoms with Crippen molar-refractivity contribution in [2.75, 3.05) is 5.43 Å². The van der Waals surface area contributed by atoms with Gasteiger partial charge in [-0.25, -0.2) is 9.78 Å². The summed E-state index contributed by atoms with van der Waals surface area (Å²) < 4.78 is 0. The van der Waals surface area contributed by atoms with Crippen molar-refractivity contribution >= 4 is 12.0 Å². The largest absolute Gasteiger partial charge is 0.346 e. The van der Waals surface area contributed by atoms with Gasteiger partial charge in [0.1, 0.15) is 5.82 Å². The maximum atomic E-state index is 10.9. The number of rotatable bonds is 3. The summed E-state index contributed by atoms with van der Waals surface area (Å²) in [6.07, 6.45) is 4.63. The number of aromatic amines is 1. The number of anilines is 1. The van der Waals surface area contributed by atoms with Gasteiger partial charge in [0.15, 0.2) is 0 Å². The smallest absolute Gasteiger partial charge is 0.291 e. The number of aromatic nitrogens is 3. The van der Waals surface area contributed by atoms with Crippen molar-refractivity contribution in [3.8, 4) is 0 Å². The van der Waals surface area contributed by atoms with Crippen LogP contribution >= 0.6 is 0 Å². The maximum absolute atomic E-state index is 10.9. The van der Waals surface area contributed by atoms with Crippen LogP contribution in [0.4, 0.5) is 5.82 Å². The molecular formula is C10H9N5O. The highest BCUT2D eigenvalue weighted by Gasteiger charge is 1.89. The van der Waals surface area contributed by atoms with Gasteiger partial charge in [0.25, 0.3) is 0 Å². The summed E-state index contributed by atoms with van der Waals surface area (Å²) in [6.45, 7) is 0. The zero-order valence-corrected chi connectivity index (χ0v) is 8.29. The number of pyridine rings is 1. The second kappa shape index (κ2) is 4.83. The Morgan fingerprint density at radius 3 is 2.94 bits per heavy atom. The molecule has 0 unspecified atom stereocenters. The molecule has 80 valence electrons. The number of nitrogens with one attached hydrogen (secondary N) is 2. The van der Waals surface area contributed by atoms with Crippen LogP contribution < -0.4 is 11.1 Å². The molecule has 0 bridgehead atoms. The van der Waals surface area contributed by atoms with E-state index in [-0.39, 0.29) is 0 Å². The minimum absolute atomic E-state index is 0.418. The molecule has 0 amide bonds. The fourth-order valence-corrected chi connectivity index (χ4v) is 1.05. The third-order valence-electron chi connectivity index (χ3n) is 1.74. The first-order valence-electron chi connectivity index (χ1n) is 4.60. The van der Waals surface area contributed by atoms with Gasteiger partial charge in [-0.3, -0.25) is 15.4 Å². The Balaban J connectivity index is 2.03. The van der Waals surface area contributed by atoms with Crippen molar-refractivity contribution in [1.82, 2.24) is 15.0 Å². The van der Waals surface area contributed by atoms with Crippen LogP contribution in [0.2, 0.25) is 0 Å². The second-order valence-electron chi connectivity index (χ2n) is 2.91. The summed E-state index contributed by atoms with van der Waals surface area (Å²) in [5, 5.41) is 3.92. The second-order valence-corrected chi connectivity index (χ2v) is 2.91. The van der Waals surface area contributed by atoms with Crippen LogP contribution in [0, 0.1) is 0 Å². The molecule has 2 heterocycles. The Morgan fingerprint density at radius 2 is 2.19 bits per heavy atom. The summed E-state index contributed by atoms with van der Waals surface area (Å²) in [7, 11) is 0. The first-order valence-corrected chi connectivity index (χ1v) is 4.60. The predicted molar refractivity (Wildman–Crippen MR) is 60.3 cm³/mol. The van der Waals surface area contributed by atoms with Crippen LogP contribution in [0.1, 0.15) is 5.69 Å².